The normalized spacial score (nSPS) is 12.8. The van der Waals surface area contributed by atoms with Crippen LogP contribution in [0.2, 0.25) is 10.0 Å². The number of aromatic amines is 1. The molecule has 0 fully saturated rings. The average Bonchev–Trinajstić information content (AvgIpc) is 2.66. The van der Waals surface area contributed by atoms with Crippen molar-refractivity contribution in [3.63, 3.8) is 0 Å². The number of hydrogen-bond donors (Lipinski definition) is 2. The Hall–Kier alpha value is -3.01. The lowest BCUT2D eigenvalue weighted by Gasteiger charge is -2.17. The first-order valence-electron chi connectivity index (χ1n) is 8.25. The smallest absolute Gasteiger partial charge is 0.276 e. The van der Waals surface area contributed by atoms with Crippen LogP contribution in [0.1, 0.15) is 17.4 Å². The fraction of sp³-hybridized carbons (Fsp3) is 0.167. The number of nitro groups is 1. The van der Waals surface area contributed by atoms with Gasteiger partial charge in [-0.25, -0.2) is 4.98 Å². The number of fused-ring (bicyclic) bond motifs is 1. The van der Waals surface area contributed by atoms with Crippen molar-refractivity contribution in [2.24, 2.45) is 5.10 Å². The van der Waals surface area contributed by atoms with E-state index in [9.17, 15) is 20.0 Å². The van der Waals surface area contributed by atoms with Gasteiger partial charge in [-0.3, -0.25) is 14.9 Å². The number of halogens is 2. The Balaban J connectivity index is 2.16. The molecule has 0 radical (unpaired) electrons. The highest BCUT2D eigenvalue weighted by molar-refractivity contribution is 6.42. The molecular formula is C18H15Cl2N5O4. The number of H-pyrrole nitrogens is 1. The molecule has 3 rings (SSSR count). The number of nitrogens with zero attached hydrogens (tertiary/aromatic N) is 4. The second-order valence-electron chi connectivity index (χ2n) is 6.28. The molecule has 0 saturated heterocycles. The Morgan fingerprint density at radius 2 is 1.97 bits per heavy atom. The number of nitrogens with one attached hydrogen (secondary N) is 1. The molecule has 0 aliphatic rings. The Labute approximate surface area is 174 Å². The lowest BCUT2D eigenvalue weighted by Crippen LogP contribution is -2.27. The zero-order chi connectivity index (χ0) is 21.3. The Morgan fingerprint density at radius 1 is 1.24 bits per heavy atom. The number of benzene rings is 2. The van der Waals surface area contributed by atoms with E-state index in [2.05, 4.69) is 15.1 Å². The molecule has 0 saturated carbocycles. The molecule has 0 spiro atoms. The van der Waals surface area contributed by atoms with Crippen molar-refractivity contribution in [2.45, 2.75) is 6.10 Å². The van der Waals surface area contributed by atoms with Gasteiger partial charge in [0.15, 0.2) is 5.69 Å². The molecule has 1 unspecified atom stereocenters. The lowest BCUT2D eigenvalue weighted by molar-refractivity contribution is -0.384. The van der Waals surface area contributed by atoms with Crippen LogP contribution in [-0.2, 0) is 0 Å². The standard InChI is InChI=1S/C18H15Cl2N5O4/c1-24(2)23-15(17(26)9-3-5-11(19)12(20)7-9)16-18(27)22-14-8-10(25(28)29)4-6-13(14)21-16/h3-8,17,26H,1-2H3,(H,22,27). The summed E-state index contributed by atoms with van der Waals surface area (Å²) in [6, 6.07) is 8.45. The van der Waals surface area contributed by atoms with E-state index in [1.54, 1.807) is 20.2 Å². The molecule has 0 bridgehead atoms. The van der Waals surface area contributed by atoms with E-state index in [0.717, 1.165) is 0 Å². The van der Waals surface area contributed by atoms with Crippen LogP contribution in [0, 0.1) is 10.1 Å². The van der Waals surface area contributed by atoms with Gasteiger partial charge in [0, 0.05) is 26.2 Å². The average molecular weight is 436 g/mol. The van der Waals surface area contributed by atoms with Gasteiger partial charge in [-0.2, -0.15) is 5.10 Å². The van der Waals surface area contributed by atoms with E-state index in [0.29, 0.717) is 16.1 Å². The SMILES string of the molecule is CN(C)N=C(c1nc2ccc([N+](=O)[O-])cc2[nH]c1=O)C(O)c1ccc(Cl)c(Cl)c1. The van der Waals surface area contributed by atoms with Crippen molar-refractivity contribution in [1.29, 1.82) is 0 Å². The summed E-state index contributed by atoms with van der Waals surface area (Å²) in [7, 11) is 3.25. The highest BCUT2D eigenvalue weighted by atomic mass is 35.5. The summed E-state index contributed by atoms with van der Waals surface area (Å²) in [6.45, 7) is 0. The summed E-state index contributed by atoms with van der Waals surface area (Å²) in [4.78, 5) is 29.8. The van der Waals surface area contributed by atoms with Gasteiger partial charge in [-0.05, 0) is 23.8 Å². The van der Waals surface area contributed by atoms with Crippen LogP contribution in [0.15, 0.2) is 46.3 Å². The third-order valence-electron chi connectivity index (χ3n) is 3.96. The highest BCUT2D eigenvalue weighted by Crippen LogP contribution is 2.27. The summed E-state index contributed by atoms with van der Waals surface area (Å²) in [5.74, 6) is 0. The molecule has 3 aromatic rings. The Morgan fingerprint density at radius 3 is 2.59 bits per heavy atom. The van der Waals surface area contributed by atoms with Crippen LogP contribution in [0.3, 0.4) is 0 Å². The van der Waals surface area contributed by atoms with Crippen LogP contribution in [-0.4, -0.2) is 44.8 Å². The maximum absolute atomic E-state index is 12.6. The maximum Gasteiger partial charge on any atom is 0.276 e. The molecular weight excluding hydrogens is 421 g/mol. The maximum atomic E-state index is 12.6. The van der Waals surface area contributed by atoms with Gasteiger partial charge in [0.2, 0.25) is 0 Å². The minimum Gasteiger partial charge on any atom is -0.382 e. The van der Waals surface area contributed by atoms with Crippen LogP contribution in [0.4, 0.5) is 5.69 Å². The first-order chi connectivity index (χ1) is 13.7. The third-order valence-corrected chi connectivity index (χ3v) is 4.69. The van der Waals surface area contributed by atoms with Crippen LogP contribution in [0.25, 0.3) is 11.0 Å². The summed E-state index contributed by atoms with van der Waals surface area (Å²) >= 11 is 12.0. The predicted molar refractivity (Wildman–Crippen MR) is 111 cm³/mol. The summed E-state index contributed by atoms with van der Waals surface area (Å²) < 4.78 is 0. The van der Waals surface area contributed by atoms with Crippen molar-refractivity contribution in [3.8, 4) is 0 Å². The molecule has 0 aliphatic heterocycles. The number of rotatable bonds is 5. The lowest BCUT2D eigenvalue weighted by atomic mass is 10.0. The number of aliphatic hydroxyl groups excluding tert-OH is 1. The summed E-state index contributed by atoms with van der Waals surface area (Å²) in [5.41, 5.74) is -0.115. The number of aromatic nitrogens is 2. The predicted octanol–water partition coefficient (Wildman–Crippen LogP) is 3.14. The quantitative estimate of drug-likeness (QED) is 0.360. The number of hydrazone groups is 1. The number of hydrogen-bond acceptors (Lipinski definition) is 7. The van der Waals surface area contributed by atoms with Gasteiger partial charge in [-0.1, -0.05) is 29.3 Å². The Kier molecular flexibility index (Phi) is 5.83. The zero-order valence-corrected chi connectivity index (χ0v) is 16.8. The largest absolute Gasteiger partial charge is 0.382 e. The molecule has 1 atom stereocenters. The van der Waals surface area contributed by atoms with E-state index in [1.165, 1.54) is 35.3 Å². The van der Waals surface area contributed by atoms with Gasteiger partial charge >= 0.3 is 0 Å². The third kappa shape index (κ3) is 4.37. The molecule has 2 N–H and O–H groups in total. The Bertz CT molecular complexity index is 1190. The molecule has 0 aliphatic carbocycles. The van der Waals surface area contributed by atoms with Gasteiger partial charge in [0.1, 0.15) is 11.8 Å². The summed E-state index contributed by atoms with van der Waals surface area (Å²) in [6.07, 6.45) is -1.32. The second-order valence-corrected chi connectivity index (χ2v) is 7.10. The van der Waals surface area contributed by atoms with Crippen LogP contribution >= 0.6 is 23.2 Å². The first-order valence-corrected chi connectivity index (χ1v) is 9.00. The number of nitro benzene ring substituents is 1. The van der Waals surface area contributed by atoms with Gasteiger partial charge in [0.25, 0.3) is 11.2 Å². The van der Waals surface area contributed by atoms with Crippen LogP contribution in [0.5, 0.6) is 0 Å². The van der Waals surface area contributed by atoms with Gasteiger partial charge < -0.3 is 15.1 Å². The molecule has 1 heterocycles. The number of aliphatic hydroxyl groups is 1. The minimum absolute atomic E-state index is 0.0186. The zero-order valence-electron chi connectivity index (χ0n) is 15.3. The first kappa shape index (κ1) is 20.7. The van der Waals surface area contributed by atoms with Crippen molar-refractivity contribution in [3.05, 3.63) is 78.2 Å². The topological polar surface area (TPSA) is 125 Å². The van der Waals surface area contributed by atoms with Crippen molar-refractivity contribution < 1.29 is 10.0 Å². The molecule has 0 amide bonds. The highest BCUT2D eigenvalue weighted by Gasteiger charge is 2.24. The fourth-order valence-corrected chi connectivity index (χ4v) is 2.96. The van der Waals surface area contributed by atoms with E-state index in [-0.39, 0.29) is 27.6 Å². The molecule has 2 aromatic carbocycles. The molecule has 29 heavy (non-hydrogen) atoms. The second kappa shape index (κ2) is 8.16. The van der Waals surface area contributed by atoms with E-state index in [1.807, 2.05) is 0 Å². The van der Waals surface area contributed by atoms with E-state index >= 15 is 0 Å². The van der Waals surface area contributed by atoms with Crippen molar-refractivity contribution >= 4 is 45.6 Å². The molecule has 1 aromatic heterocycles. The monoisotopic (exact) mass is 435 g/mol. The fourth-order valence-electron chi connectivity index (χ4n) is 2.65. The number of non-ortho nitro benzene ring substituents is 1. The molecule has 150 valence electrons. The van der Waals surface area contributed by atoms with Crippen molar-refractivity contribution in [2.75, 3.05) is 14.1 Å². The van der Waals surface area contributed by atoms with E-state index < -0.39 is 16.6 Å². The van der Waals surface area contributed by atoms with Gasteiger partial charge in [0.05, 0.1) is 26.0 Å². The van der Waals surface area contributed by atoms with E-state index in [4.69, 9.17) is 23.2 Å². The van der Waals surface area contributed by atoms with Gasteiger partial charge in [-0.15, -0.1) is 0 Å². The summed E-state index contributed by atoms with van der Waals surface area (Å²) in [5, 5.41) is 28.0. The molecule has 9 nitrogen and oxygen atoms in total. The van der Waals surface area contributed by atoms with Crippen LogP contribution < -0.4 is 5.56 Å². The minimum atomic E-state index is -1.32. The molecule has 11 heteroatoms. The van der Waals surface area contributed by atoms with Crippen molar-refractivity contribution in [1.82, 2.24) is 15.0 Å².